The van der Waals surface area contributed by atoms with Crippen LogP contribution in [0.4, 0.5) is 5.69 Å². The second-order valence-corrected chi connectivity index (χ2v) is 5.54. The number of fused-ring (bicyclic) bond motifs is 1. The molecule has 0 saturated carbocycles. The molecule has 2 heterocycles. The lowest BCUT2D eigenvalue weighted by atomic mass is 10.1. The highest BCUT2D eigenvalue weighted by molar-refractivity contribution is 6.37. The number of likely N-dealkylation sites (N-methyl/N-ethyl adjacent to an activating group) is 1. The number of hydrogen-bond acceptors (Lipinski definition) is 6. The van der Waals surface area contributed by atoms with E-state index < -0.39 is 5.78 Å². The van der Waals surface area contributed by atoms with E-state index in [1.165, 1.54) is 0 Å². The first-order valence-corrected chi connectivity index (χ1v) is 7.49. The summed E-state index contributed by atoms with van der Waals surface area (Å²) >= 11 is 0. The molecular weight excluding hydrogens is 282 g/mol. The van der Waals surface area contributed by atoms with Crippen LogP contribution in [0.25, 0.3) is 11.1 Å². The number of piperazine rings is 1. The lowest BCUT2D eigenvalue weighted by Gasteiger charge is -2.34. The topological polar surface area (TPSA) is 66.7 Å². The molecule has 1 aliphatic heterocycles. The molecule has 6 nitrogen and oxygen atoms in total. The van der Waals surface area contributed by atoms with Gasteiger partial charge >= 0.3 is 0 Å². The average Bonchev–Trinajstić information content (AvgIpc) is 2.97. The third-order valence-electron chi connectivity index (χ3n) is 4.08. The van der Waals surface area contributed by atoms with Gasteiger partial charge in [0, 0.05) is 32.6 Å². The molecule has 1 fully saturated rings. The summed E-state index contributed by atoms with van der Waals surface area (Å²) in [5, 5.41) is 0. The largest absolute Gasteiger partial charge is 0.440 e. The molecule has 1 aromatic heterocycles. The Morgan fingerprint density at radius 1 is 1.32 bits per heavy atom. The number of benzene rings is 1. The smallest absolute Gasteiger partial charge is 0.231 e. The number of Topliss-reactive ketones (excluding diaryl/α,β-unsaturated/α-hetero) is 1. The zero-order valence-corrected chi connectivity index (χ0v) is 12.8. The number of anilines is 1. The molecule has 0 unspecified atom stereocenters. The highest BCUT2D eigenvalue weighted by atomic mass is 16.3. The first kappa shape index (κ1) is 14.7. The Hall–Kier alpha value is -2.21. The Morgan fingerprint density at radius 2 is 2.05 bits per heavy atom. The van der Waals surface area contributed by atoms with Crippen molar-refractivity contribution in [2.75, 3.05) is 38.1 Å². The summed E-state index contributed by atoms with van der Waals surface area (Å²) in [6.07, 6.45) is 0.996. The number of carbonyl (C=O) groups excluding carboxylic acids is 2. The van der Waals surface area contributed by atoms with E-state index in [0.717, 1.165) is 31.9 Å². The van der Waals surface area contributed by atoms with E-state index in [-0.39, 0.29) is 0 Å². The van der Waals surface area contributed by atoms with Crippen LogP contribution in [0.1, 0.15) is 23.2 Å². The van der Waals surface area contributed by atoms with Crippen LogP contribution in [0.3, 0.4) is 0 Å². The van der Waals surface area contributed by atoms with E-state index in [4.69, 9.17) is 4.42 Å². The van der Waals surface area contributed by atoms with Crippen molar-refractivity contribution in [3.8, 4) is 0 Å². The molecule has 1 aromatic carbocycles. The van der Waals surface area contributed by atoms with Gasteiger partial charge in [-0.2, -0.15) is 0 Å². The van der Waals surface area contributed by atoms with Crippen LogP contribution >= 0.6 is 0 Å². The lowest BCUT2D eigenvalue weighted by Crippen LogP contribution is -2.45. The fourth-order valence-electron chi connectivity index (χ4n) is 2.79. The third-order valence-corrected chi connectivity index (χ3v) is 4.08. The minimum Gasteiger partial charge on any atom is -0.440 e. The highest BCUT2D eigenvalue weighted by Gasteiger charge is 2.24. The van der Waals surface area contributed by atoms with E-state index in [2.05, 4.69) is 21.8 Å². The summed E-state index contributed by atoms with van der Waals surface area (Å²) in [5.41, 5.74) is 2.14. The minimum absolute atomic E-state index is 0.337. The summed E-state index contributed by atoms with van der Waals surface area (Å²) < 4.78 is 5.70. The molecule has 0 atom stereocenters. The molecule has 22 heavy (non-hydrogen) atoms. The second-order valence-electron chi connectivity index (χ2n) is 5.54. The van der Waals surface area contributed by atoms with Gasteiger partial charge in [-0.15, -0.1) is 0 Å². The van der Waals surface area contributed by atoms with E-state index in [1.54, 1.807) is 0 Å². The molecule has 0 amide bonds. The van der Waals surface area contributed by atoms with E-state index in [1.807, 2.05) is 19.1 Å². The summed E-state index contributed by atoms with van der Waals surface area (Å²) in [5.74, 6) is 0.0174. The van der Waals surface area contributed by atoms with Crippen LogP contribution < -0.4 is 4.90 Å². The SMILES string of the molecule is CCc1nc2ccc(N3CCN(C)CC3)c(C(=O)C=O)c2o1. The van der Waals surface area contributed by atoms with Crippen LogP contribution in [0.15, 0.2) is 16.5 Å². The number of aldehydes is 1. The Morgan fingerprint density at radius 3 is 2.68 bits per heavy atom. The van der Waals surface area contributed by atoms with Gasteiger partial charge in [0.1, 0.15) is 5.52 Å². The molecule has 0 radical (unpaired) electrons. The number of rotatable bonds is 4. The van der Waals surface area contributed by atoms with Crippen molar-refractivity contribution in [1.29, 1.82) is 0 Å². The van der Waals surface area contributed by atoms with Crippen molar-refractivity contribution in [2.45, 2.75) is 13.3 Å². The predicted molar refractivity (Wildman–Crippen MR) is 83.5 cm³/mol. The van der Waals surface area contributed by atoms with Crippen molar-refractivity contribution >= 4 is 28.9 Å². The first-order chi connectivity index (χ1) is 10.6. The van der Waals surface area contributed by atoms with Crippen molar-refractivity contribution in [1.82, 2.24) is 9.88 Å². The maximum Gasteiger partial charge on any atom is 0.231 e. The predicted octanol–water partition coefficient (Wildman–Crippen LogP) is 1.52. The zero-order chi connectivity index (χ0) is 15.7. The van der Waals surface area contributed by atoms with Gasteiger partial charge in [-0.05, 0) is 19.2 Å². The summed E-state index contributed by atoms with van der Waals surface area (Å²) in [6.45, 7) is 5.41. The lowest BCUT2D eigenvalue weighted by molar-refractivity contribution is -0.104. The summed E-state index contributed by atoms with van der Waals surface area (Å²) in [4.78, 5) is 31.9. The number of hydrogen-bond donors (Lipinski definition) is 0. The van der Waals surface area contributed by atoms with Crippen LogP contribution in [-0.4, -0.2) is 55.2 Å². The van der Waals surface area contributed by atoms with Gasteiger partial charge in [0.25, 0.3) is 0 Å². The molecule has 3 rings (SSSR count). The van der Waals surface area contributed by atoms with E-state index in [0.29, 0.717) is 35.3 Å². The molecule has 1 saturated heterocycles. The standard InChI is InChI=1S/C16H19N3O3/c1-3-14-17-11-4-5-12(19-8-6-18(2)7-9-19)15(13(21)10-20)16(11)22-14/h4-5,10H,3,6-9H2,1-2H3. The Balaban J connectivity index is 2.12. The number of ketones is 1. The van der Waals surface area contributed by atoms with Gasteiger partial charge in [-0.3, -0.25) is 9.59 Å². The van der Waals surface area contributed by atoms with Gasteiger partial charge in [-0.25, -0.2) is 4.98 Å². The van der Waals surface area contributed by atoms with Crippen LogP contribution in [0.5, 0.6) is 0 Å². The molecule has 0 spiro atoms. The Labute approximate surface area is 128 Å². The van der Waals surface area contributed by atoms with Gasteiger partial charge in [0.15, 0.2) is 17.8 Å². The highest BCUT2D eigenvalue weighted by Crippen LogP contribution is 2.30. The maximum absolute atomic E-state index is 12.2. The molecule has 1 aliphatic rings. The first-order valence-electron chi connectivity index (χ1n) is 7.49. The average molecular weight is 301 g/mol. The van der Waals surface area contributed by atoms with Gasteiger partial charge in [0.2, 0.25) is 5.78 Å². The van der Waals surface area contributed by atoms with Gasteiger partial charge < -0.3 is 14.2 Å². The summed E-state index contributed by atoms with van der Waals surface area (Å²) in [7, 11) is 2.07. The van der Waals surface area contributed by atoms with Crippen LogP contribution in [0.2, 0.25) is 0 Å². The molecule has 0 bridgehead atoms. The number of carbonyl (C=O) groups is 2. The molecular formula is C16H19N3O3. The number of aromatic nitrogens is 1. The number of aryl methyl sites for hydroxylation is 1. The van der Waals surface area contributed by atoms with Crippen LogP contribution in [0, 0.1) is 0 Å². The van der Waals surface area contributed by atoms with Gasteiger partial charge in [-0.1, -0.05) is 6.92 Å². The Kier molecular flexibility index (Phi) is 3.94. The maximum atomic E-state index is 12.2. The van der Waals surface area contributed by atoms with Gasteiger partial charge in [0.05, 0.1) is 11.3 Å². The Bertz CT molecular complexity index is 715. The zero-order valence-electron chi connectivity index (χ0n) is 12.8. The molecule has 0 N–H and O–H groups in total. The molecule has 0 aliphatic carbocycles. The quantitative estimate of drug-likeness (QED) is 0.484. The second kappa shape index (κ2) is 5.88. The number of oxazole rings is 1. The number of nitrogens with zero attached hydrogens (tertiary/aromatic N) is 3. The monoisotopic (exact) mass is 301 g/mol. The van der Waals surface area contributed by atoms with Crippen molar-refractivity contribution in [3.63, 3.8) is 0 Å². The van der Waals surface area contributed by atoms with Crippen molar-refractivity contribution in [2.24, 2.45) is 0 Å². The van der Waals surface area contributed by atoms with Crippen molar-refractivity contribution < 1.29 is 14.0 Å². The molecule has 6 heteroatoms. The van der Waals surface area contributed by atoms with E-state index in [9.17, 15) is 9.59 Å². The normalized spacial score (nSPS) is 16.2. The fourth-order valence-corrected chi connectivity index (χ4v) is 2.79. The third kappa shape index (κ3) is 2.50. The minimum atomic E-state index is -0.557. The summed E-state index contributed by atoms with van der Waals surface area (Å²) in [6, 6.07) is 3.72. The molecule has 2 aromatic rings. The van der Waals surface area contributed by atoms with E-state index >= 15 is 0 Å². The molecule has 116 valence electrons. The fraction of sp³-hybridized carbons (Fsp3) is 0.438. The van der Waals surface area contributed by atoms with Crippen LogP contribution in [-0.2, 0) is 11.2 Å². The van der Waals surface area contributed by atoms with Crippen molar-refractivity contribution in [3.05, 3.63) is 23.6 Å².